The first-order chi connectivity index (χ1) is 16.6. The number of ether oxygens (including phenoxy) is 2. The number of carbonyl (C=O) groups is 2. The Balaban J connectivity index is 1.47. The molecule has 2 aromatic carbocycles. The van der Waals surface area contributed by atoms with Gasteiger partial charge in [-0.3, -0.25) is 9.59 Å². The van der Waals surface area contributed by atoms with Crippen LogP contribution in [0.15, 0.2) is 77.8 Å². The highest BCUT2D eigenvalue weighted by Gasteiger charge is 2.46. The first-order valence-corrected chi connectivity index (χ1v) is 11.6. The number of nitrogens with zero attached hydrogens (tertiary/aromatic N) is 1. The molecule has 4 aromatic rings. The minimum absolute atomic E-state index is 0.0849. The van der Waals surface area contributed by atoms with Crippen LogP contribution in [0.25, 0.3) is 16.7 Å². The van der Waals surface area contributed by atoms with Crippen LogP contribution in [-0.2, 0) is 9.59 Å². The monoisotopic (exact) mass is 474 g/mol. The van der Waals surface area contributed by atoms with Crippen molar-refractivity contribution < 1.29 is 24.2 Å². The van der Waals surface area contributed by atoms with Gasteiger partial charge in [-0.15, -0.1) is 11.3 Å². The van der Waals surface area contributed by atoms with Gasteiger partial charge >= 0.3 is 0 Å². The summed E-state index contributed by atoms with van der Waals surface area (Å²) in [5.41, 5.74) is 1.41. The molecule has 1 unspecified atom stereocenters. The quantitative estimate of drug-likeness (QED) is 0.229. The van der Waals surface area contributed by atoms with Gasteiger partial charge in [-0.2, -0.15) is 0 Å². The lowest BCUT2D eigenvalue weighted by molar-refractivity contribution is -0.140. The maximum absolute atomic E-state index is 13.1. The molecule has 0 bridgehead atoms. The highest BCUT2D eigenvalue weighted by atomic mass is 32.1. The van der Waals surface area contributed by atoms with Crippen LogP contribution < -0.4 is 9.47 Å². The molecule has 1 aliphatic rings. The molecule has 1 amide bonds. The Hall–Kier alpha value is -4.04. The zero-order valence-electron chi connectivity index (χ0n) is 18.4. The van der Waals surface area contributed by atoms with Crippen molar-refractivity contribution in [3.05, 3.63) is 88.3 Å². The second-order valence-electron chi connectivity index (χ2n) is 7.78. The van der Waals surface area contributed by atoms with Crippen molar-refractivity contribution in [2.24, 2.45) is 0 Å². The van der Waals surface area contributed by atoms with Gasteiger partial charge in [0.1, 0.15) is 23.9 Å². The molecule has 0 aliphatic carbocycles. The molecule has 0 saturated carbocycles. The zero-order valence-corrected chi connectivity index (χ0v) is 19.2. The Morgan fingerprint density at radius 1 is 1.06 bits per heavy atom. The summed E-state index contributed by atoms with van der Waals surface area (Å²) >= 11 is 1.43. The molecule has 7 nitrogen and oxygen atoms in total. The summed E-state index contributed by atoms with van der Waals surface area (Å²) in [4.78, 5) is 31.5. The molecule has 0 spiro atoms. The molecule has 3 heterocycles. The van der Waals surface area contributed by atoms with Crippen LogP contribution in [0, 0.1) is 0 Å². The fraction of sp³-hybridized carbons (Fsp3) is 0.154. The van der Waals surface area contributed by atoms with Crippen molar-refractivity contribution in [3.8, 4) is 11.5 Å². The van der Waals surface area contributed by atoms with Gasteiger partial charge in [0.25, 0.3) is 11.7 Å². The summed E-state index contributed by atoms with van der Waals surface area (Å²) in [7, 11) is 1.59. The number of likely N-dealkylation sites (tertiary alicyclic amines) is 1. The number of aliphatic hydroxyl groups is 1. The number of amides is 1. The van der Waals surface area contributed by atoms with Crippen LogP contribution in [0.3, 0.4) is 0 Å². The number of H-pyrrole nitrogens is 1. The summed E-state index contributed by atoms with van der Waals surface area (Å²) in [6.07, 6.45) is 1.66. The number of fused-ring (bicyclic) bond motifs is 1. The Bertz CT molecular complexity index is 1370. The van der Waals surface area contributed by atoms with Crippen molar-refractivity contribution >= 4 is 39.7 Å². The third kappa shape index (κ3) is 3.82. The number of hydrogen-bond donors (Lipinski definition) is 2. The van der Waals surface area contributed by atoms with Gasteiger partial charge in [0.15, 0.2) is 0 Å². The predicted octanol–water partition coefficient (Wildman–Crippen LogP) is 4.74. The first-order valence-electron chi connectivity index (χ1n) is 10.7. The Morgan fingerprint density at radius 3 is 2.56 bits per heavy atom. The molecule has 2 aromatic heterocycles. The third-order valence-electron chi connectivity index (χ3n) is 5.86. The van der Waals surface area contributed by atoms with Crippen molar-refractivity contribution in [1.82, 2.24) is 9.88 Å². The zero-order chi connectivity index (χ0) is 23.7. The minimum atomic E-state index is -0.703. The molecule has 172 valence electrons. The van der Waals surface area contributed by atoms with Gasteiger partial charge in [0.05, 0.1) is 25.3 Å². The number of carbonyl (C=O) groups excluding carboxylic acids is 2. The smallest absolute Gasteiger partial charge is 0.295 e. The second kappa shape index (κ2) is 9.07. The molecule has 1 atom stereocenters. The third-order valence-corrected chi connectivity index (χ3v) is 6.78. The van der Waals surface area contributed by atoms with Crippen molar-refractivity contribution in [3.63, 3.8) is 0 Å². The number of rotatable bonds is 7. The summed E-state index contributed by atoms with van der Waals surface area (Å²) < 4.78 is 11.0. The number of nitrogens with one attached hydrogen (secondary N) is 1. The van der Waals surface area contributed by atoms with E-state index in [9.17, 15) is 14.7 Å². The minimum Gasteiger partial charge on any atom is -0.507 e. The van der Waals surface area contributed by atoms with Crippen LogP contribution in [0.5, 0.6) is 11.5 Å². The maximum atomic E-state index is 13.1. The number of Topliss-reactive ketones (excluding diaryl/α,β-unsaturated/α-hetero) is 1. The number of thiophene rings is 1. The van der Waals surface area contributed by atoms with Crippen LogP contribution in [-0.4, -0.2) is 46.9 Å². The van der Waals surface area contributed by atoms with Gasteiger partial charge in [-0.05, 0) is 41.8 Å². The topological polar surface area (TPSA) is 91.9 Å². The number of aliphatic hydroxyl groups excluding tert-OH is 1. The van der Waals surface area contributed by atoms with E-state index in [1.165, 1.54) is 16.2 Å². The van der Waals surface area contributed by atoms with E-state index in [4.69, 9.17) is 9.47 Å². The second-order valence-corrected chi connectivity index (χ2v) is 8.76. The van der Waals surface area contributed by atoms with E-state index in [0.29, 0.717) is 17.1 Å². The number of hydrogen-bond acceptors (Lipinski definition) is 6. The Labute approximate surface area is 199 Å². The number of para-hydroxylation sites is 1. The predicted molar refractivity (Wildman–Crippen MR) is 130 cm³/mol. The molecule has 1 saturated heterocycles. The number of aromatic nitrogens is 1. The van der Waals surface area contributed by atoms with E-state index in [1.54, 1.807) is 37.6 Å². The molecule has 1 fully saturated rings. The number of methoxy groups -OCH3 is 1. The van der Waals surface area contributed by atoms with E-state index in [2.05, 4.69) is 4.98 Å². The molecule has 34 heavy (non-hydrogen) atoms. The van der Waals surface area contributed by atoms with Crippen LogP contribution in [0.1, 0.15) is 16.5 Å². The lowest BCUT2D eigenvalue weighted by Gasteiger charge is -2.24. The fourth-order valence-corrected chi connectivity index (χ4v) is 5.05. The van der Waals surface area contributed by atoms with Crippen molar-refractivity contribution in [2.75, 3.05) is 20.3 Å². The Kier molecular flexibility index (Phi) is 5.81. The Morgan fingerprint density at radius 2 is 1.82 bits per heavy atom. The highest BCUT2D eigenvalue weighted by molar-refractivity contribution is 7.10. The van der Waals surface area contributed by atoms with Gasteiger partial charge in [0.2, 0.25) is 0 Å². The van der Waals surface area contributed by atoms with Gasteiger partial charge in [-0.25, -0.2) is 0 Å². The van der Waals surface area contributed by atoms with Gasteiger partial charge in [0, 0.05) is 27.5 Å². The van der Waals surface area contributed by atoms with Crippen LogP contribution in [0.2, 0.25) is 0 Å². The standard InChI is InChI=1S/C26H22N2O5S/c1-32-16-8-10-17(11-9-16)33-13-12-28-23(21-7-4-14-34-21)22(25(30)26(28)31)24(29)19-15-27-20-6-3-2-5-18(19)20/h2-11,14-15,23,27,29H,12-13H2,1H3/b24-22-. The van der Waals surface area contributed by atoms with E-state index < -0.39 is 17.7 Å². The number of benzene rings is 2. The maximum Gasteiger partial charge on any atom is 0.295 e. The van der Waals surface area contributed by atoms with Crippen molar-refractivity contribution in [2.45, 2.75) is 6.04 Å². The molecule has 8 heteroatoms. The lowest BCUT2D eigenvalue weighted by Crippen LogP contribution is -2.33. The average molecular weight is 475 g/mol. The summed E-state index contributed by atoms with van der Waals surface area (Å²) in [6.45, 7) is 0.373. The normalized spacial score (nSPS) is 17.4. The van der Waals surface area contributed by atoms with Gasteiger partial charge in [-0.1, -0.05) is 24.3 Å². The number of ketones is 1. The largest absolute Gasteiger partial charge is 0.507 e. The molecular weight excluding hydrogens is 452 g/mol. The van der Waals surface area contributed by atoms with Crippen LogP contribution in [0.4, 0.5) is 0 Å². The van der Waals surface area contributed by atoms with Crippen molar-refractivity contribution in [1.29, 1.82) is 0 Å². The van der Waals surface area contributed by atoms with E-state index in [1.807, 2.05) is 41.8 Å². The molecule has 5 rings (SSSR count). The first kappa shape index (κ1) is 21.8. The highest BCUT2D eigenvalue weighted by Crippen LogP contribution is 2.41. The molecule has 2 N–H and O–H groups in total. The molecule has 0 radical (unpaired) electrons. The average Bonchev–Trinajstić information content (AvgIpc) is 3.59. The molecule has 1 aliphatic heterocycles. The van der Waals surface area contributed by atoms with Crippen LogP contribution >= 0.6 is 11.3 Å². The lowest BCUT2D eigenvalue weighted by atomic mass is 9.99. The van der Waals surface area contributed by atoms with E-state index in [-0.39, 0.29) is 24.5 Å². The SMILES string of the molecule is COc1ccc(OCCN2C(=O)C(=O)/C(=C(\O)c3c[nH]c4ccccc34)C2c2cccs2)cc1. The summed E-state index contributed by atoms with van der Waals surface area (Å²) in [5, 5.41) is 13.9. The number of aromatic amines is 1. The van der Waals surface area contributed by atoms with Gasteiger partial charge < -0.3 is 24.5 Å². The summed E-state index contributed by atoms with van der Waals surface area (Å²) in [6, 6.07) is 17.7. The fourth-order valence-electron chi connectivity index (χ4n) is 4.20. The molecular formula is C26H22N2O5S. The summed E-state index contributed by atoms with van der Waals surface area (Å²) in [5.74, 6) is -0.201. The van der Waals surface area contributed by atoms with E-state index in [0.717, 1.165) is 15.8 Å². The van der Waals surface area contributed by atoms with E-state index >= 15 is 0 Å².